The quantitative estimate of drug-likeness (QED) is 0.888. The van der Waals surface area contributed by atoms with Gasteiger partial charge in [-0.15, -0.1) is 0 Å². The molecule has 1 aromatic rings. The van der Waals surface area contributed by atoms with E-state index in [9.17, 15) is 4.79 Å². The van der Waals surface area contributed by atoms with Gasteiger partial charge in [0.1, 0.15) is 0 Å². The summed E-state index contributed by atoms with van der Waals surface area (Å²) in [6.07, 6.45) is 7.80. The van der Waals surface area contributed by atoms with Gasteiger partial charge in [0, 0.05) is 12.1 Å². The molecular formula is C17H24N2O. The van der Waals surface area contributed by atoms with Crippen molar-refractivity contribution in [3.8, 4) is 0 Å². The van der Waals surface area contributed by atoms with Gasteiger partial charge in [-0.05, 0) is 74.7 Å². The van der Waals surface area contributed by atoms with E-state index in [2.05, 4.69) is 28.8 Å². The van der Waals surface area contributed by atoms with E-state index in [0.717, 1.165) is 31.6 Å². The molecule has 1 fully saturated rings. The molecule has 3 heteroatoms. The van der Waals surface area contributed by atoms with Crippen LogP contribution < -0.4 is 10.6 Å². The van der Waals surface area contributed by atoms with Gasteiger partial charge < -0.3 is 10.6 Å². The Balaban J connectivity index is 1.63. The monoisotopic (exact) mass is 272 g/mol. The Morgan fingerprint density at radius 3 is 3.00 bits per heavy atom. The first-order valence-corrected chi connectivity index (χ1v) is 7.94. The minimum absolute atomic E-state index is 0.178. The van der Waals surface area contributed by atoms with Gasteiger partial charge in [-0.25, -0.2) is 0 Å². The molecule has 0 radical (unpaired) electrons. The summed E-state index contributed by atoms with van der Waals surface area (Å²) >= 11 is 0. The SMILES string of the molecule is O=C(CC1CCCNC1)Nc1cccc2c1CCCC2. The van der Waals surface area contributed by atoms with Gasteiger partial charge >= 0.3 is 0 Å². The largest absolute Gasteiger partial charge is 0.326 e. The second-order valence-electron chi connectivity index (χ2n) is 6.12. The Labute approximate surface area is 121 Å². The second-order valence-corrected chi connectivity index (χ2v) is 6.12. The van der Waals surface area contributed by atoms with E-state index < -0.39 is 0 Å². The van der Waals surface area contributed by atoms with Crippen LogP contribution in [0.5, 0.6) is 0 Å². The average Bonchev–Trinajstić information content (AvgIpc) is 2.48. The van der Waals surface area contributed by atoms with Crippen molar-refractivity contribution in [1.29, 1.82) is 0 Å². The van der Waals surface area contributed by atoms with Crippen molar-refractivity contribution in [2.45, 2.75) is 44.9 Å². The summed E-state index contributed by atoms with van der Waals surface area (Å²) in [5, 5.41) is 6.52. The van der Waals surface area contributed by atoms with Crippen LogP contribution >= 0.6 is 0 Å². The van der Waals surface area contributed by atoms with Crippen molar-refractivity contribution < 1.29 is 4.79 Å². The molecule has 3 rings (SSSR count). The average molecular weight is 272 g/mol. The van der Waals surface area contributed by atoms with Crippen LogP contribution in [0.25, 0.3) is 0 Å². The van der Waals surface area contributed by atoms with Crippen LogP contribution in [0, 0.1) is 5.92 Å². The number of anilines is 1. The number of benzene rings is 1. The van der Waals surface area contributed by atoms with E-state index in [1.54, 1.807) is 0 Å². The van der Waals surface area contributed by atoms with Crippen molar-refractivity contribution in [2.24, 2.45) is 5.92 Å². The molecule has 1 amide bonds. The highest BCUT2D eigenvalue weighted by Crippen LogP contribution is 2.28. The fourth-order valence-electron chi connectivity index (χ4n) is 3.46. The van der Waals surface area contributed by atoms with Gasteiger partial charge in [-0.3, -0.25) is 4.79 Å². The van der Waals surface area contributed by atoms with Crippen LogP contribution in [-0.4, -0.2) is 19.0 Å². The highest BCUT2D eigenvalue weighted by atomic mass is 16.1. The molecule has 2 aliphatic rings. The summed E-state index contributed by atoms with van der Waals surface area (Å²) in [4.78, 5) is 12.2. The lowest BCUT2D eigenvalue weighted by molar-refractivity contribution is -0.117. The standard InChI is InChI=1S/C17H24N2O/c20-17(11-13-5-4-10-18-12-13)19-16-9-3-7-14-6-1-2-8-15(14)16/h3,7,9,13,18H,1-2,4-6,8,10-12H2,(H,19,20). The van der Waals surface area contributed by atoms with Gasteiger partial charge in [0.05, 0.1) is 0 Å². The third-order valence-electron chi connectivity index (χ3n) is 4.54. The molecule has 108 valence electrons. The number of carbonyl (C=O) groups is 1. The lowest BCUT2D eigenvalue weighted by atomic mass is 9.90. The van der Waals surface area contributed by atoms with Crippen molar-refractivity contribution in [2.75, 3.05) is 18.4 Å². The van der Waals surface area contributed by atoms with Crippen LogP contribution in [-0.2, 0) is 17.6 Å². The summed E-state index contributed by atoms with van der Waals surface area (Å²) in [5.41, 5.74) is 3.85. The fraction of sp³-hybridized carbons (Fsp3) is 0.588. The number of nitrogens with one attached hydrogen (secondary N) is 2. The lowest BCUT2D eigenvalue weighted by Gasteiger charge is -2.23. The third-order valence-corrected chi connectivity index (χ3v) is 4.54. The van der Waals surface area contributed by atoms with Gasteiger partial charge in [-0.1, -0.05) is 12.1 Å². The molecular weight excluding hydrogens is 248 g/mol. The molecule has 1 heterocycles. The number of amides is 1. The topological polar surface area (TPSA) is 41.1 Å². The fourth-order valence-corrected chi connectivity index (χ4v) is 3.46. The molecule has 1 atom stereocenters. The molecule has 0 bridgehead atoms. The first-order chi connectivity index (χ1) is 9.83. The maximum absolute atomic E-state index is 12.2. The van der Waals surface area contributed by atoms with Crippen LogP contribution in [0.15, 0.2) is 18.2 Å². The summed E-state index contributed by atoms with van der Waals surface area (Å²) in [7, 11) is 0. The summed E-state index contributed by atoms with van der Waals surface area (Å²) in [6.45, 7) is 2.09. The molecule has 1 unspecified atom stereocenters. The zero-order chi connectivity index (χ0) is 13.8. The van der Waals surface area contributed by atoms with Gasteiger partial charge in [0.15, 0.2) is 0 Å². The Kier molecular flexibility index (Phi) is 4.36. The van der Waals surface area contributed by atoms with E-state index in [-0.39, 0.29) is 5.91 Å². The predicted molar refractivity (Wildman–Crippen MR) is 81.9 cm³/mol. The van der Waals surface area contributed by atoms with E-state index in [4.69, 9.17) is 0 Å². The minimum Gasteiger partial charge on any atom is -0.326 e. The van der Waals surface area contributed by atoms with Gasteiger partial charge in [0.25, 0.3) is 0 Å². The van der Waals surface area contributed by atoms with Crippen molar-refractivity contribution in [3.63, 3.8) is 0 Å². The Hall–Kier alpha value is -1.35. The number of rotatable bonds is 3. The van der Waals surface area contributed by atoms with Crippen molar-refractivity contribution in [1.82, 2.24) is 5.32 Å². The molecule has 1 aliphatic heterocycles. The molecule has 1 saturated heterocycles. The second kappa shape index (κ2) is 6.40. The maximum Gasteiger partial charge on any atom is 0.224 e. The number of aryl methyl sites for hydroxylation is 1. The maximum atomic E-state index is 12.2. The number of fused-ring (bicyclic) bond motifs is 1. The number of carbonyl (C=O) groups excluding carboxylic acids is 1. The van der Waals surface area contributed by atoms with Gasteiger partial charge in [-0.2, -0.15) is 0 Å². The highest BCUT2D eigenvalue weighted by molar-refractivity contribution is 5.91. The van der Waals surface area contributed by atoms with E-state index >= 15 is 0 Å². The Bertz CT molecular complexity index is 478. The zero-order valence-corrected chi connectivity index (χ0v) is 12.1. The van der Waals surface area contributed by atoms with Crippen molar-refractivity contribution >= 4 is 11.6 Å². The van der Waals surface area contributed by atoms with E-state index in [1.165, 1.54) is 36.8 Å². The van der Waals surface area contributed by atoms with E-state index in [1.807, 2.05) is 0 Å². The third kappa shape index (κ3) is 3.21. The molecule has 1 aliphatic carbocycles. The summed E-state index contributed by atoms with van der Waals surface area (Å²) in [5.74, 6) is 0.681. The first kappa shape index (κ1) is 13.6. The number of hydrogen-bond acceptors (Lipinski definition) is 2. The molecule has 1 aromatic carbocycles. The molecule has 3 nitrogen and oxygen atoms in total. The molecule has 0 aromatic heterocycles. The normalized spacial score (nSPS) is 22.1. The number of hydrogen-bond donors (Lipinski definition) is 2. The van der Waals surface area contributed by atoms with E-state index in [0.29, 0.717) is 12.3 Å². The molecule has 0 spiro atoms. The van der Waals surface area contributed by atoms with Crippen molar-refractivity contribution in [3.05, 3.63) is 29.3 Å². The smallest absolute Gasteiger partial charge is 0.224 e. The van der Waals surface area contributed by atoms with Crippen LogP contribution in [0.3, 0.4) is 0 Å². The molecule has 0 saturated carbocycles. The van der Waals surface area contributed by atoms with Crippen LogP contribution in [0.4, 0.5) is 5.69 Å². The summed E-state index contributed by atoms with van der Waals surface area (Å²) in [6, 6.07) is 6.33. The van der Waals surface area contributed by atoms with Crippen LogP contribution in [0.2, 0.25) is 0 Å². The first-order valence-electron chi connectivity index (χ1n) is 7.94. The number of piperidine rings is 1. The summed E-state index contributed by atoms with van der Waals surface area (Å²) < 4.78 is 0. The zero-order valence-electron chi connectivity index (χ0n) is 12.1. The predicted octanol–water partition coefficient (Wildman–Crippen LogP) is 2.89. The highest BCUT2D eigenvalue weighted by Gasteiger charge is 2.18. The van der Waals surface area contributed by atoms with Crippen LogP contribution in [0.1, 0.15) is 43.2 Å². The Morgan fingerprint density at radius 2 is 2.15 bits per heavy atom. The van der Waals surface area contributed by atoms with Gasteiger partial charge in [0.2, 0.25) is 5.91 Å². The molecule has 2 N–H and O–H groups in total. The molecule has 20 heavy (non-hydrogen) atoms. The lowest BCUT2D eigenvalue weighted by Crippen LogP contribution is -2.32. The Morgan fingerprint density at radius 1 is 1.25 bits per heavy atom. The minimum atomic E-state index is 0.178.